The van der Waals surface area contributed by atoms with Crippen molar-refractivity contribution in [3.63, 3.8) is 0 Å². The van der Waals surface area contributed by atoms with Crippen molar-refractivity contribution in [2.75, 3.05) is 20.3 Å². The molecular formula is C25H26F3NO3. The smallest absolute Gasteiger partial charge is 0.254 e. The van der Waals surface area contributed by atoms with E-state index >= 15 is 0 Å². The fourth-order valence-corrected chi connectivity index (χ4v) is 5.43. The summed E-state index contributed by atoms with van der Waals surface area (Å²) < 4.78 is 50.4. The second-order valence-corrected chi connectivity index (χ2v) is 9.40. The summed E-state index contributed by atoms with van der Waals surface area (Å²) in [5.41, 5.74) is 1.71. The summed E-state index contributed by atoms with van der Waals surface area (Å²) in [5, 5.41) is 0. The Morgan fingerprint density at radius 2 is 1.78 bits per heavy atom. The lowest BCUT2D eigenvalue weighted by Gasteiger charge is -2.58. The predicted octanol–water partition coefficient (Wildman–Crippen LogP) is 5.20. The number of nitrogens with zero attached hydrogens (tertiary/aromatic N) is 1. The van der Waals surface area contributed by atoms with Crippen LogP contribution in [0.3, 0.4) is 0 Å². The number of hydrogen-bond acceptors (Lipinski definition) is 3. The van der Waals surface area contributed by atoms with Crippen LogP contribution in [-0.2, 0) is 5.41 Å². The molecule has 0 radical (unpaired) electrons. The Hall–Kier alpha value is -2.70. The van der Waals surface area contributed by atoms with Crippen molar-refractivity contribution in [2.45, 2.75) is 49.5 Å². The zero-order valence-electron chi connectivity index (χ0n) is 18.0. The quantitative estimate of drug-likeness (QED) is 0.613. The van der Waals surface area contributed by atoms with Gasteiger partial charge < -0.3 is 14.4 Å². The standard InChI is InChI=1S/C25H26F3NO3/c1-31-22-10-17(2-7-21(22)32-15-16-11-25(27,28)12-16)23(30)29-9-8-24(13-20(29)14-24)18-3-5-19(26)6-4-18/h2-7,10,16,20H,8-9,11-15H2,1H3. The van der Waals surface area contributed by atoms with Gasteiger partial charge in [0.15, 0.2) is 11.5 Å². The first-order valence-electron chi connectivity index (χ1n) is 11.0. The molecule has 4 aliphatic rings. The SMILES string of the molecule is COc1cc(C(=O)N2CCC3(c4ccc(F)cc4)CC2C3)ccc1OCC1CC(F)(F)C1. The number of piperidine rings is 2. The first kappa shape index (κ1) is 21.2. The first-order chi connectivity index (χ1) is 15.3. The van der Waals surface area contributed by atoms with E-state index in [1.807, 2.05) is 17.0 Å². The number of benzene rings is 2. The van der Waals surface area contributed by atoms with Crippen molar-refractivity contribution in [3.8, 4) is 11.5 Å². The summed E-state index contributed by atoms with van der Waals surface area (Å²) in [6.45, 7) is 0.857. The average molecular weight is 445 g/mol. The van der Waals surface area contributed by atoms with Crippen LogP contribution in [0, 0.1) is 11.7 Å². The molecule has 1 amide bonds. The highest BCUT2D eigenvalue weighted by molar-refractivity contribution is 5.95. The van der Waals surface area contributed by atoms with Crippen molar-refractivity contribution in [2.24, 2.45) is 5.92 Å². The first-order valence-corrected chi connectivity index (χ1v) is 11.0. The van der Waals surface area contributed by atoms with Crippen LogP contribution in [0.4, 0.5) is 13.2 Å². The Kier molecular flexibility index (Phi) is 5.10. The van der Waals surface area contributed by atoms with E-state index in [0.717, 1.165) is 24.8 Å². The molecule has 32 heavy (non-hydrogen) atoms. The van der Waals surface area contributed by atoms with Crippen molar-refractivity contribution in [1.82, 2.24) is 4.90 Å². The molecule has 2 aliphatic heterocycles. The molecule has 2 saturated heterocycles. The van der Waals surface area contributed by atoms with Gasteiger partial charge in [0.2, 0.25) is 5.92 Å². The van der Waals surface area contributed by atoms with E-state index in [2.05, 4.69) is 0 Å². The van der Waals surface area contributed by atoms with Crippen LogP contribution in [-0.4, -0.2) is 43.0 Å². The van der Waals surface area contributed by atoms with Crippen LogP contribution >= 0.6 is 0 Å². The van der Waals surface area contributed by atoms with Gasteiger partial charge in [-0.15, -0.1) is 0 Å². The van der Waals surface area contributed by atoms with Gasteiger partial charge in [0.25, 0.3) is 5.91 Å². The van der Waals surface area contributed by atoms with Crippen LogP contribution in [0.15, 0.2) is 42.5 Å². The van der Waals surface area contributed by atoms with Crippen molar-refractivity contribution in [1.29, 1.82) is 0 Å². The Morgan fingerprint density at radius 1 is 1.06 bits per heavy atom. The zero-order chi connectivity index (χ0) is 22.5. The third kappa shape index (κ3) is 3.71. The average Bonchev–Trinajstić information content (AvgIpc) is 2.75. The van der Waals surface area contributed by atoms with Crippen molar-refractivity contribution >= 4 is 5.91 Å². The van der Waals surface area contributed by atoms with Gasteiger partial charge in [-0.2, -0.15) is 0 Å². The molecule has 2 saturated carbocycles. The third-order valence-corrected chi connectivity index (χ3v) is 7.30. The summed E-state index contributed by atoms with van der Waals surface area (Å²) in [6.07, 6.45) is 2.32. The number of alkyl halides is 2. The van der Waals surface area contributed by atoms with E-state index in [-0.39, 0.29) is 48.5 Å². The Labute approximate surface area is 185 Å². The van der Waals surface area contributed by atoms with E-state index < -0.39 is 5.92 Å². The lowest BCUT2D eigenvalue weighted by molar-refractivity contribution is -0.119. The fraction of sp³-hybridized carbons (Fsp3) is 0.480. The summed E-state index contributed by atoms with van der Waals surface area (Å²) >= 11 is 0. The number of halogens is 3. The monoisotopic (exact) mass is 445 g/mol. The van der Waals surface area contributed by atoms with Gasteiger partial charge in [-0.05, 0) is 55.2 Å². The van der Waals surface area contributed by atoms with Crippen LogP contribution in [0.1, 0.15) is 48.0 Å². The Bertz CT molecular complexity index is 1000. The van der Waals surface area contributed by atoms with Gasteiger partial charge in [-0.1, -0.05) is 12.1 Å². The number of fused-ring (bicyclic) bond motifs is 2. The maximum Gasteiger partial charge on any atom is 0.254 e. The van der Waals surface area contributed by atoms with E-state index in [1.54, 1.807) is 18.2 Å². The molecule has 170 valence electrons. The third-order valence-electron chi connectivity index (χ3n) is 7.30. The fourth-order valence-electron chi connectivity index (χ4n) is 5.43. The van der Waals surface area contributed by atoms with Gasteiger partial charge in [0.1, 0.15) is 5.82 Å². The van der Waals surface area contributed by atoms with Crippen molar-refractivity contribution < 1.29 is 27.4 Å². The molecular weight excluding hydrogens is 419 g/mol. The molecule has 7 heteroatoms. The number of hydrogen-bond donors (Lipinski definition) is 0. The number of carbonyl (C=O) groups excluding carboxylic acids is 1. The largest absolute Gasteiger partial charge is 0.493 e. The summed E-state index contributed by atoms with van der Waals surface area (Å²) in [6, 6.07) is 11.9. The Balaban J connectivity index is 1.23. The topological polar surface area (TPSA) is 38.8 Å². The molecule has 0 spiro atoms. The number of amides is 1. The molecule has 0 N–H and O–H groups in total. The van der Waals surface area contributed by atoms with Gasteiger partial charge in [0.05, 0.1) is 13.7 Å². The van der Waals surface area contributed by atoms with Gasteiger partial charge >= 0.3 is 0 Å². The molecule has 0 aromatic heterocycles. The van der Waals surface area contributed by atoms with Crippen LogP contribution in [0.5, 0.6) is 11.5 Å². The molecule has 2 aromatic carbocycles. The molecule has 0 unspecified atom stereocenters. The molecule has 2 bridgehead atoms. The van der Waals surface area contributed by atoms with Crippen LogP contribution in [0.2, 0.25) is 0 Å². The lowest BCUT2D eigenvalue weighted by atomic mass is 9.57. The highest BCUT2D eigenvalue weighted by atomic mass is 19.3. The molecule has 4 fully saturated rings. The van der Waals surface area contributed by atoms with Crippen LogP contribution < -0.4 is 9.47 Å². The molecule has 2 aromatic rings. The lowest BCUT2D eigenvalue weighted by Crippen LogP contribution is -2.61. The van der Waals surface area contributed by atoms with Gasteiger partial charge in [-0.3, -0.25) is 4.79 Å². The number of rotatable bonds is 6. The van der Waals surface area contributed by atoms with E-state index in [4.69, 9.17) is 9.47 Å². The Morgan fingerprint density at radius 3 is 2.38 bits per heavy atom. The molecule has 0 atom stereocenters. The second-order valence-electron chi connectivity index (χ2n) is 9.40. The number of ether oxygens (including phenoxy) is 2. The minimum Gasteiger partial charge on any atom is -0.493 e. The van der Waals surface area contributed by atoms with E-state index in [9.17, 15) is 18.0 Å². The summed E-state index contributed by atoms with van der Waals surface area (Å²) in [4.78, 5) is 15.1. The van der Waals surface area contributed by atoms with Crippen molar-refractivity contribution in [3.05, 3.63) is 59.4 Å². The second kappa shape index (κ2) is 7.71. The molecule has 2 aliphatic carbocycles. The summed E-state index contributed by atoms with van der Waals surface area (Å²) in [7, 11) is 1.50. The predicted molar refractivity (Wildman–Crippen MR) is 113 cm³/mol. The van der Waals surface area contributed by atoms with Gasteiger partial charge in [-0.25, -0.2) is 13.2 Å². The molecule has 2 heterocycles. The zero-order valence-corrected chi connectivity index (χ0v) is 18.0. The normalized spacial score (nSPS) is 26.1. The minimum atomic E-state index is -2.57. The van der Waals surface area contributed by atoms with E-state index in [0.29, 0.717) is 23.6 Å². The highest BCUT2D eigenvalue weighted by Crippen LogP contribution is 2.52. The highest BCUT2D eigenvalue weighted by Gasteiger charge is 2.52. The van der Waals surface area contributed by atoms with E-state index in [1.165, 1.54) is 19.2 Å². The van der Waals surface area contributed by atoms with Crippen LogP contribution in [0.25, 0.3) is 0 Å². The number of methoxy groups -OCH3 is 1. The number of carbonyl (C=O) groups is 1. The maximum atomic E-state index is 13.3. The molecule has 6 rings (SSSR count). The van der Waals surface area contributed by atoms with Gasteiger partial charge in [0, 0.05) is 42.3 Å². The minimum absolute atomic E-state index is 0.0445. The summed E-state index contributed by atoms with van der Waals surface area (Å²) in [5.74, 6) is -2.14. The molecule has 4 nitrogen and oxygen atoms in total. The maximum absolute atomic E-state index is 13.3.